The number of fused-ring (bicyclic) bond motifs is 1. The quantitative estimate of drug-likeness (QED) is 0.454. The van der Waals surface area contributed by atoms with Crippen LogP contribution in [0.3, 0.4) is 0 Å². The van der Waals surface area contributed by atoms with Crippen LogP contribution in [0, 0.1) is 11.3 Å². The smallest absolute Gasteiger partial charge is 0.526 e. The summed E-state index contributed by atoms with van der Waals surface area (Å²) in [4.78, 5) is 36.2. The zero-order valence-corrected chi connectivity index (χ0v) is 16.4. The zero-order chi connectivity index (χ0) is 20.5. The minimum atomic E-state index is -1.16. The molecule has 0 spiro atoms. The molecule has 7 nitrogen and oxygen atoms in total. The van der Waals surface area contributed by atoms with Gasteiger partial charge in [0.15, 0.2) is 0 Å². The van der Waals surface area contributed by atoms with Crippen LogP contribution >= 0.6 is 0 Å². The molecule has 28 heavy (non-hydrogen) atoms. The number of Topliss-reactive ketones (excluding diaryl/α,β-unsaturated/α-hetero) is 1. The molecule has 1 N–H and O–H groups in total. The number of carbonyl (C=O) groups is 3. The van der Waals surface area contributed by atoms with E-state index in [1.165, 1.54) is 6.07 Å². The van der Waals surface area contributed by atoms with Gasteiger partial charge in [-0.2, -0.15) is 0 Å². The number of hydrogen-bond acceptors (Lipinski definition) is 7. The third kappa shape index (κ3) is 4.73. The number of hydrogen-bond donors (Lipinski definition) is 1. The Balaban J connectivity index is 1.64. The molecule has 2 aliphatic rings. The number of benzene rings is 1. The molecule has 8 heteroatoms. The van der Waals surface area contributed by atoms with E-state index in [4.69, 9.17) is 14.1 Å². The molecule has 1 heterocycles. The molecule has 0 radical (unpaired) electrons. The van der Waals surface area contributed by atoms with Crippen molar-refractivity contribution in [2.75, 3.05) is 6.79 Å². The maximum Gasteiger partial charge on any atom is 0.526 e. The molecule has 150 valence electrons. The van der Waals surface area contributed by atoms with Crippen molar-refractivity contribution in [1.82, 2.24) is 0 Å². The molecule has 0 aromatic heterocycles. The Bertz CT molecular complexity index is 779. The fourth-order valence-corrected chi connectivity index (χ4v) is 3.08. The lowest BCUT2D eigenvalue weighted by Gasteiger charge is -2.28. The van der Waals surface area contributed by atoms with Crippen molar-refractivity contribution in [3.8, 4) is 5.75 Å². The Kier molecular flexibility index (Phi) is 5.79. The number of rotatable bonds is 6. The predicted octanol–water partition coefficient (Wildman–Crippen LogP) is 2.55. The van der Waals surface area contributed by atoms with Crippen LogP contribution in [-0.4, -0.2) is 36.7 Å². The summed E-state index contributed by atoms with van der Waals surface area (Å²) in [5, 5.41) is 10.3. The van der Waals surface area contributed by atoms with E-state index in [1.54, 1.807) is 32.9 Å². The Hall–Kier alpha value is -2.35. The molecule has 0 bridgehead atoms. The Morgan fingerprint density at radius 2 is 1.93 bits per heavy atom. The largest absolute Gasteiger partial charge is 0.535 e. The van der Waals surface area contributed by atoms with Crippen molar-refractivity contribution in [1.29, 1.82) is 0 Å². The van der Waals surface area contributed by atoms with Gasteiger partial charge < -0.3 is 19.2 Å². The third-order valence-corrected chi connectivity index (χ3v) is 4.93. The van der Waals surface area contributed by atoms with Crippen LogP contribution in [0.25, 0.3) is 0 Å². The number of esters is 2. The van der Waals surface area contributed by atoms with E-state index >= 15 is 0 Å². The molecule has 1 fully saturated rings. The van der Waals surface area contributed by atoms with Gasteiger partial charge in [-0.1, -0.05) is 12.1 Å². The summed E-state index contributed by atoms with van der Waals surface area (Å²) in [6.07, 6.45) is 2.56. The van der Waals surface area contributed by atoms with Gasteiger partial charge in [0.05, 0.1) is 5.41 Å². The van der Waals surface area contributed by atoms with Crippen molar-refractivity contribution in [2.24, 2.45) is 11.3 Å². The lowest BCUT2D eigenvalue weighted by Crippen LogP contribution is -2.36. The molecule has 1 aromatic carbocycles. The SMILES string of the molecule is CC(C)(C)C(=O)OCOC(=O)c1cccc2c1OB(O)[C@@H](CC(=O)C1CC1)C2. The first-order valence-electron chi connectivity index (χ1n) is 9.50. The second-order valence-electron chi connectivity index (χ2n) is 8.44. The summed E-state index contributed by atoms with van der Waals surface area (Å²) < 4.78 is 15.5. The Morgan fingerprint density at radius 3 is 2.57 bits per heavy atom. The summed E-state index contributed by atoms with van der Waals surface area (Å²) in [7, 11) is -1.16. The Labute approximate surface area is 164 Å². The van der Waals surface area contributed by atoms with E-state index in [1.807, 2.05) is 0 Å². The highest BCUT2D eigenvalue weighted by molar-refractivity contribution is 6.47. The molecule has 1 aliphatic heterocycles. The van der Waals surface area contributed by atoms with Gasteiger partial charge in [0.2, 0.25) is 6.79 Å². The summed E-state index contributed by atoms with van der Waals surface area (Å²) in [6.45, 7) is 4.60. The minimum absolute atomic E-state index is 0.130. The lowest BCUT2D eigenvalue weighted by atomic mass is 9.64. The molecule has 0 saturated heterocycles. The topological polar surface area (TPSA) is 99.1 Å². The highest BCUT2D eigenvalue weighted by Crippen LogP contribution is 2.39. The fraction of sp³-hybridized carbons (Fsp3) is 0.550. The molecular formula is C20H25BO7. The van der Waals surface area contributed by atoms with E-state index in [0.29, 0.717) is 6.42 Å². The number of ketones is 1. The summed E-state index contributed by atoms with van der Waals surface area (Å²) in [5.74, 6) is -0.988. The molecule has 1 atom stereocenters. The molecule has 1 aliphatic carbocycles. The van der Waals surface area contributed by atoms with Crippen molar-refractivity contribution in [3.05, 3.63) is 29.3 Å². The molecule has 0 amide bonds. The van der Waals surface area contributed by atoms with E-state index in [9.17, 15) is 19.4 Å². The van der Waals surface area contributed by atoms with Gasteiger partial charge in [-0.25, -0.2) is 4.79 Å². The molecule has 1 saturated carbocycles. The van der Waals surface area contributed by atoms with Crippen molar-refractivity contribution in [3.63, 3.8) is 0 Å². The maximum atomic E-state index is 12.4. The second-order valence-corrected chi connectivity index (χ2v) is 8.44. The number of para-hydroxylation sites is 1. The predicted molar refractivity (Wildman–Crippen MR) is 101 cm³/mol. The molecule has 1 aromatic rings. The van der Waals surface area contributed by atoms with Crippen molar-refractivity contribution in [2.45, 2.75) is 52.3 Å². The first kappa shape index (κ1) is 20.4. The number of carbonyl (C=O) groups excluding carboxylic acids is 3. The minimum Gasteiger partial charge on any atom is -0.535 e. The van der Waals surface area contributed by atoms with E-state index in [-0.39, 0.29) is 35.3 Å². The van der Waals surface area contributed by atoms with Crippen LogP contribution in [0.4, 0.5) is 0 Å². The van der Waals surface area contributed by atoms with Crippen LogP contribution in [0.2, 0.25) is 5.82 Å². The summed E-state index contributed by atoms with van der Waals surface area (Å²) in [5.41, 5.74) is 0.189. The lowest BCUT2D eigenvalue weighted by molar-refractivity contribution is -0.161. The van der Waals surface area contributed by atoms with Gasteiger partial charge in [-0.3, -0.25) is 9.59 Å². The van der Waals surface area contributed by atoms with Gasteiger partial charge in [0, 0.05) is 18.2 Å². The first-order valence-corrected chi connectivity index (χ1v) is 9.50. The van der Waals surface area contributed by atoms with Crippen molar-refractivity contribution >= 4 is 24.8 Å². The van der Waals surface area contributed by atoms with Gasteiger partial charge >= 0.3 is 19.1 Å². The van der Waals surface area contributed by atoms with Gasteiger partial charge in [-0.15, -0.1) is 0 Å². The average molecular weight is 388 g/mol. The standard InChI is InChI=1S/C20H25BO7/c1-20(2,3)19(24)27-11-26-18(23)15-6-4-5-13-9-14(21(25)28-17(13)15)10-16(22)12-7-8-12/h4-6,12,14,25H,7-11H2,1-3H3/t14-/m1/s1. The van der Waals surface area contributed by atoms with Gasteiger partial charge in [0.1, 0.15) is 17.1 Å². The van der Waals surface area contributed by atoms with E-state index in [2.05, 4.69) is 0 Å². The zero-order valence-electron chi connectivity index (χ0n) is 16.4. The van der Waals surface area contributed by atoms with Gasteiger partial charge in [0.25, 0.3) is 0 Å². The molecule has 3 rings (SSSR count). The van der Waals surface area contributed by atoms with Crippen LogP contribution in [0.5, 0.6) is 5.75 Å². The molecular weight excluding hydrogens is 363 g/mol. The second kappa shape index (κ2) is 7.95. The highest BCUT2D eigenvalue weighted by Gasteiger charge is 2.40. The van der Waals surface area contributed by atoms with Gasteiger partial charge in [-0.05, 0) is 51.7 Å². The van der Waals surface area contributed by atoms with E-state index < -0.39 is 31.3 Å². The fourth-order valence-electron chi connectivity index (χ4n) is 3.08. The van der Waals surface area contributed by atoms with Crippen LogP contribution in [0.1, 0.15) is 56.0 Å². The normalized spacial score (nSPS) is 18.7. The third-order valence-electron chi connectivity index (χ3n) is 4.93. The van der Waals surface area contributed by atoms with E-state index in [0.717, 1.165) is 18.4 Å². The molecule has 0 unspecified atom stereocenters. The van der Waals surface area contributed by atoms with Crippen LogP contribution in [0.15, 0.2) is 18.2 Å². The summed E-state index contributed by atoms with van der Waals surface area (Å²) in [6, 6.07) is 5.01. The van der Waals surface area contributed by atoms with Crippen molar-refractivity contribution < 1.29 is 33.5 Å². The van der Waals surface area contributed by atoms with Crippen LogP contribution in [-0.2, 0) is 25.5 Å². The van der Waals surface area contributed by atoms with Crippen LogP contribution < -0.4 is 4.65 Å². The number of ether oxygens (including phenoxy) is 2. The highest BCUT2D eigenvalue weighted by atomic mass is 16.7. The Morgan fingerprint density at radius 1 is 1.21 bits per heavy atom. The maximum absolute atomic E-state index is 12.4. The first-order chi connectivity index (χ1) is 13.2. The summed E-state index contributed by atoms with van der Waals surface area (Å²) >= 11 is 0. The monoisotopic (exact) mass is 388 g/mol. The average Bonchev–Trinajstić information content (AvgIpc) is 3.46.